The largest absolute Gasteiger partial charge is 0.416 e. The maximum absolute atomic E-state index is 13.3. The minimum absolute atomic E-state index is 0.0307. The summed E-state index contributed by atoms with van der Waals surface area (Å²) in [5.74, 6) is -1.10. The highest BCUT2D eigenvalue weighted by molar-refractivity contribution is 6.31. The molecule has 2 atom stereocenters. The van der Waals surface area contributed by atoms with Crippen LogP contribution < -0.4 is 0 Å². The Balaban J connectivity index is 1.66. The number of amides is 1. The Bertz CT molecular complexity index is 1070. The van der Waals surface area contributed by atoms with Crippen LogP contribution in [0.2, 0.25) is 5.02 Å². The molecule has 0 radical (unpaired) electrons. The zero-order valence-corrected chi connectivity index (χ0v) is 20.3. The Morgan fingerprint density at radius 1 is 0.889 bits per heavy atom. The molecule has 0 aliphatic carbocycles. The van der Waals surface area contributed by atoms with Crippen LogP contribution in [0.1, 0.15) is 39.4 Å². The van der Waals surface area contributed by atoms with E-state index in [2.05, 4.69) is 9.80 Å². The average molecular weight is 534 g/mol. The van der Waals surface area contributed by atoms with Crippen LogP contribution >= 0.6 is 11.6 Å². The van der Waals surface area contributed by atoms with Gasteiger partial charge in [-0.05, 0) is 43.3 Å². The van der Waals surface area contributed by atoms with Gasteiger partial charge in [0.25, 0.3) is 5.91 Å². The predicted octanol–water partition coefficient (Wildman–Crippen LogP) is 5.62. The van der Waals surface area contributed by atoms with Crippen molar-refractivity contribution in [2.75, 3.05) is 46.3 Å². The quantitative estimate of drug-likeness (QED) is 0.479. The van der Waals surface area contributed by atoms with Crippen molar-refractivity contribution in [3.8, 4) is 0 Å². The number of carbonyl (C=O) groups excluding carboxylic acids is 1. The first-order valence-electron chi connectivity index (χ1n) is 11.6. The van der Waals surface area contributed by atoms with Crippen molar-refractivity contribution in [2.24, 2.45) is 0 Å². The van der Waals surface area contributed by atoms with E-state index in [9.17, 15) is 31.1 Å². The molecule has 2 aliphatic heterocycles. The lowest BCUT2D eigenvalue weighted by molar-refractivity contribution is -0.143. The van der Waals surface area contributed by atoms with E-state index in [-0.39, 0.29) is 31.1 Å². The van der Waals surface area contributed by atoms with Crippen molar-refractivity contribution >= 4 is 17.5 Å². The molecule has 2 heterocycles. The maximum atomic E-state index is 13.3. The van der Waals surface area contributed by atoms with Gasteiger partial charge in [-0.25, -0.2) is 0 Å². The van der Waals surface area contributed by atoms with Gasteiger partial charge in [0.05, 0.1) is 11.1 Å². The number of hydrogen-bond donors (Lipinski definition) is 0. The zero-order valence-electron chi connectivity index (χ0n) is 19.5. The van der Waals surface area contributed by atoms with Crippen LogP contribution in [0.4, 0.5) is 26.3 Å². The molecule has 36 heavy (non-hydrogen) atoms. The highest BCUT2D eigenvalue weighted by Gasteiger charge is 2.40. The molecule has 2 aromatic rings. The number of likely N-dealkylation sites (tertiary alicyclic amines) is 1. The monoisotopic (exact) mass is 533 g/mol. The highest BCUT2D eigenvalue weighted by atomic mass is 35.5. The molecule has 0 N–H and O–H groups in total. The van der Waals surface area contributed by atoms with Crippen LogP contribution in [0, 0.1) is 0 Å². The van der Waals surface area contributed by atoms with Gasteiger partial charge in [-0.15, -0.1) is 0 Å². The molecule has 11 heteroatoms. The first kappa shape index (κ1) is 26.8. The SMILES string of the molecule is CN1CCN(C2CCN(C(=O)c3cc(C(F)(F)F)cc(C(F)(F)F)c3)CC2c2ccccc2Cl)CC1. The van der Waals surface area contributed by atoms with Gasteiger partial charge in [0, 0.05) is 61.8 Å². The van der Waals surface area contributed by atoms with Gasteiger partial charge in [0.1, 0.15) is 0 Å². The minimum atomic E-state index is -5.02. The summed E-state index contributed by atoms with van der Waals surface area (Å²) in [6, 6.07) is 8.26. The van der Waals surface area contributed by atoms with Crippen LogP contribution in [0.3, 0.4) is 0 Å². The van der Waals surface area contributed by atoms with Gasteiger partial charge >= 0.3 is 12.4 Å². The zero-order chi connectivity index (χ0) is 26.3. The second-order valence-electron chi connectivity index (χ2n) is 9.37. The van der Waals surface area contributed by atoms with Crippen LogP contribution in [0.25, 0.3) is 0 Å². The molecule has 2 aliphatic rings. The summed E-state index contributed by atoms with van der Waals surface area (Å²) in [6.45, 7) is 3.74. The number of hydrogen-bond acceptors (Lipinski definition) is 3. The standard InChI is InChI=1S/C25H26ClF6N3O/c1-33-8-10-34(11-9-33)22-6-7-35(15-20(22)19-4-2-3-5-21(19)26)23(36)16-12-17(24(27,28)29)14-18(13-16)25(30,31)32/h2-5,12-14,20,22H,6-11,15H2,1H3. The lowest BCUT2D eigenvalue weighted by atomic mass is 9.84. The van der Waals surface area contributed by atoms with Crippen molar-refractivity contribution in [3.05, 3.63) is 69.7 Å². The summed E-state index contributed by atoms with van der Waals surface area (Å²) in [7, 11) is 2.04. The fraction of sp³-hybridized carbons (Fsp3) is 0.480. The molecule has 0 spiro atoms. The van der Waals surface area contributed by atoms with E-state index in [1.165, 1.54) is 4.90 Å². The Labute approximate surface area is 210 Å². The molecule has 4 nitrogen and oxygen atoms in total. The first-order valence-corrected chi connectivity index (χ1v) is 12.0. The summed E-state index contributed by atoms with van der Waals surface area (Å²) in [5, 5.41) is 0.509. The van der Waals surface area contributed by atoms with Gasteiger partial charge in [-0.3, -0.25) is 9.69 Å². The van der Waals surface area contributed by atoms with E-state index < -0.39 is 35.0 Å². The van der Waals surface area contributed by atoms with E-state index in [0.29, 0.717) is 23.6 Å². The van der Waals surface area contributed by atoms with E-state index in [4.69, 9.17) is 11.6 Å². The van der Waals surface area contributed by atoms with E-state index in [1.54, 1.807) is 12.1 Å². The van der Waals surface area contributed by atoms with Crippen LogP contribution in [0.5, 0.6) is 0 Å². The van der Waals surface area contributed by atoms with Gasteiger partial charge < -0.3 is 9.80 Å². The number of halogens is 7. The molecular weight excluding hydrogens is 508 g/mol. The summed E-state index contributed by atoms with van der Waals surface area (Å²) >= 11 is 6.49. The second kappa shape index (κ2) is 10.2. The average Bonchev–Trinajstić information content (AvgIpc) is 2.83. The third-order valence-electron chi connectivity index (χ3n) is 7.01. The summed E-state index contributed by atoms with van der Waals surface area (Å²) in [4.78, 5) is 19.2. The molecule has 0 aromatic heterocycles. The molecule has 1 amide bonds. The van der Waals surface area contributed by atoms with Crippen LogP contribution in [-0.2, 0) is 12.4 Å². The molecule has 2 saturated heterocycles. The number of rotatable bonds is 3. The van der Waals surface area contributed by atoms with E-state index in [1.807, 2.05) is 19.2 Å². The molecule has 2 unspecified atom stereocenters. The Morgan fingerprint density at radius 2 is 1.47 bits per heavy atom. The Morgan fingerprint density at radius 3 is 2.03 bits per heavy atom. The van der Waals surface area contributed by atoms with Gasteiger partial charge in [0.2, 0.25) is 0 Å². The predicted molar refractivity (Wildman–Crippen MR) is 124 cm³/mol. The third kappa shape index (κ3) is 5.81. The molecule has 0 bridgehead atoms. The minimum Gasteiger partial charge on any atom is -0.338 e. The van der Waals surface area contributed by atoms with Crippen molar-refractivity contribution in [3.63, 3.8) is 0 Å². The number of likely N-dealkylation sites (N-methyl/N-ethyl adjacent to an activating group) is 1. The normalized spacial score (nSPS) is 22.6. The molecule has 2 fully saturated rings. The van der Waals surface area contributed by atoms with Gasteiger partial charge in [0.15, 0.2) is 0 Å². The topological polar surface area (TPSA) is 26.8 Å². The van der Waals surface area contributed by atoms with Crippen molar-refractivity contribution in [1.29, 1.82) is 0 Å². The molecule has 4 rings (SSSR count). The number of alkyl halides is 6. The van der Waals surface area contributed by atoms with Crippen molar-refractivity contribution < 1.29 is 31.1 Å². The van der Waals surface area contributed by atoms with Crippen LogP contribution in [0.15, 0.2) is 42.5 Å². The Kier molecular flexibility index (Phi) is 7.60. The maximum Gasteiger partial charge on any atom is 0.416 e. The van der Waals surface area contributed by atoms with Crippen molar-refractivity contribution in [2.45, 2.75) is 30.7 Å². The fourth-order valence-electron chi connectivity index (χ4n) is 5.06. The van der Waals surface area contributed by atoms with E-state index in [0.717, 1.165) is 31.7 Å². The number of carbonyl (C=O) groups is 1. The number of nitrogens with zero attached hydrogens (tertiary/aromatic N) is 3. The summed E-state index contributed by atoms with van der Waals surface area (Å²) in [6.07, 6.45) is -9.52. The smallest absolute Gasteiger partial charge is 0.338 e. The highest BCUT2D eigenvalue weighted by Crippen LogP contribution is 2.38. The van der Waals surface area contributed by atoms with Crippen LogP contribution in [-0.4, -0.2) is 73.0 Å². The molecule has 0 saturated carbocycles. The number of benzene rings is 2. The molecule has 2 aromatic carbocycles. The van der Waals surface area contributed by atoms with Gasteiger partial charge in [-0.1, -0.05) is 29.8 Å². The lowest BCUT2D eigenvalue weighted by Crippen LogP contribution is -2.56. The summed E-state index contributed by atoms with van der Waals surface area (Å²) < 4.78 is 80.0. The second-order valence-corrected chi connectivity index (χ2v) is 9.78. The van der Waals surface area contributed by atoms with E-state index >= 15 is 0 Å². The number of piperazine rings is 1. The number of piperidine rings is 1. The third-order valence-corrected chi connectivity index (χ3v) is 7.35. The Hall–Kier alpha value is -2.30. The van der Waals surface area contributed by atoms with Crippen molar-refractivity contribution in [1.82, 2.24) is 14.7 Å². The lowest BCUT2D eigenvalue weighted by Gasteiger charge is -2.46. The molecular formula is C25H26ClF6N3O. The summed E-state index contributed by atoms with van der Waals surface area (Å²) in [5.41, 5.74) is -2.83. The fourth-order valence-corrected chi connectivity index (χ4v) is 5.33. The first-order chi connectivity index (χ1) is 16.8. The van der Waals surface area contributed by atoms with Gasteiger partial charge in [-0.2, -0.15) is 26.3 Å². The molecule has 196 valence electrons.